The molecule has 0 saturated heterocycles. The van der Waals surface area contributed by atoms with Crippen LogP contribution < -0.4 is 10.6 Å². The van der Waals surface area contributed by atoms with Crippen LogP contribution in [0, 0.1) is 0 Å². The first-order valence-corrected chi connectivity index (χ1v) is 10.7. The van der Waals surface area contributed by atoms with Crippen molar-refractivity contribution in [3.05, 3.63) is 66.0 Å². The molecule has 5 rings (SSSR count). The number of rotatable bonds is 6. The molecule has 0 atom stereocenters. The summed E-state index contributed by atoms with van der Waals surface area (Å²) < 4.78 is 1.95. The third-order valence-electron chi connectivity index (χ3n) is 5.82. The van der Waals surface area contributed by atoms with Crippen LogP contribution in [0.4, 0.5) is 5.69 Å². The van der Waals surface area contributed by atoms with E-state index in [0.29, 0.717) is 35.4 Å². The minimum Gasteiger partial charge on any atom is -0.396 e. The fraction of sp³-hybridized carbons (Fsp3) is 0.160. The molecule has 8 nitrogen and oxygen atoms in total. The van der Waals surface area contributed by atoms with Gasteiger partial charge < -0.3 is 20.0 Å². The summed E-state index contributed by atoms with van der Waals surface area (Å²) in [6.07, 6.45) is 4.11. The number of nitrogens with zero attached hydrogens (tertiary/aromatic N) is 1. The van der Waals surface area contributed by atoms with Crippen LogP contribution >= 0.6 is 0 Å². The molecule has 166 valence electrons. The highest BCUT2D eigenvalue weighted by atomic mass is 16.3. The van der Waals surface area contributed by atoms with Gasteiger partial charge in [-0.25, -0.2) is 0 Å². The van der Waals surface area contributed by atoms with Crippen molar-refractivity contribution in [2.24, 2.45) is 0 Å². The van der Waals surface area contributed by atoms with E-state index in [0.717, 1.165) is 21.8 Å². The summed E-state index contributed by atoms with van der Waals surface area (Å²) in [6.45, 7) is 2.00. The van der Waals surface area contributed by atoms with Crippen molar-refractivity contribution >= 4 is 56.4 Å². The van der Waals surface area contributed by atoms with Crippen LogP contribution in [0.3, 0.4) is 0 Å². The molecule has 4 aromatic rings. The zero-order valence-corrected chi connectivity index (χ0v) is 17.9. The number of nitrogens with one attached hydrogen (secondary N) is 3. The lowest BCUT2D eigenvalue weighted by molar-refractivity contribution is -0.123. The lowest BCUT2D eigenvalue weighted by Crippen LogP contribution is -2.22. The third kappa shape index (κ3) is 3.50. The molecule has 33 heavy (non-hydrogen) atoms. The Kier molecular flexibility index (Phi) is 5.07. The fourth-order valence-corrected chi connectivity index (χ4v) is 4.45. The first kappa shape index (κ1) is 20.7. The van der Waals surface area contributed by atoms with Gasteiger partial charge in [-0.1, -0.05) is 18.2 Å². The number of carbonyl (C=O) groups is 3. The van der Waals surface area contributed by atoms with Crippen molar-refractivity contribution < 1.29 is 19.5 Å². The number of hydrogen-bond acceptors (Lipinski definition) is 4. The number of aromatic amines is 1. The van der Waals surface area contributed by atoms with E-state index < -0.39 is 11.8 Å². The molecule has 8 heteroatoms. The third-order valence-corrected chi connectivity index (χ3v) is 5.82. The maximum atomic E-state index is 13.0. The molecule has 0 fully saturated rings. The summed E-state index contributed by atoms with van der Waals surface area (Å²) in [4.78, 5) is 40.7. The van der Waals surface area contributed by atoms with Gasteiger partial charge in [0.05, 0.1) is 11.1 Å². The Morgan fingerprint density at radius 3 is 2.55 bits per heavy atom. The highest BCUT2D eigenvalue weighted by molar-refractivity contribution is 6.50. The Morgan fingerprint density at radius 2 is 1.79 bits per heavy atom. The summed E-state index contributed by atoms with van der Waals surface area (Å²) in [5.41, 5.74) is 4.14. The zero-order chi connectivity index (χ0) is 23.1. The number of benzene rings is 2. The largest absolute Gasteiger partial charge is 0.396 e. The van der Waals surface area contributed by atoms with Gasteiger partial charge in [0.15, 0.2) is 0 Å². The maximum absolute atomic E-state index is 13.0. The summed E-state index contributed by atoms with van der Waals surface area (Å²) in [7, 11) is 0. The number of amides is 3. The predicted molar refractivity (Wildman–Crippen MR) is 126 cm³/mol. The van der Waals surface area contributed by atoms with Gasteiger partial charge in [0.25, 0.3) is 11.8 Å². The molecule has 3 heterocycles. The summed E-state index contributed by atoms with van der Waals surface area (Å²) in [5.74, 6) is -1.12. The van der Waals surface area contributed by atoms with Gasteiger partial charge in [-0.05, 0) is 30.7 Å². The quantitative estimate of drug-likeness (QED) is 0.344. The fourth-order valence-electron chi connectivity index (χ4n) is 4.45. The van der Waals surface area contributed by atoms with E-state index in [1.54, 1.807) is 18.3 Å². The van der Waals surface area contributed by atoms with Crippen LogP contribution in [0.5, 0.6) is 0 Å². The second-order valence-corrected chi connectivity index (χ2v) is 8.01. The number of H-pyrrole nitrogens is 1. The Hall–Kier alpha value is -4.17. The maximum Gasteiger partial charge on any atom is 0.259 e. The van der Waals surface area contributed by atoms with Gasteiger partial charge in [0.1, 0.15) is 0 Å². The van der Waals surface area contributed by atoms with Gasteiger partial charge in [-0.15, -0.1) is 0 Å². The van der Waals surface area contributed by atoms with Crippen LogP contribution in [0.1, 0.15) is 24.5 Å². The summed E-state index contributed by atoms with van der Waals surface area (Å²) >= 11 is 0. The van der Waals surface area contributed by atoms with Gasteiger partial charge in [0, 0.05) is 71.1 Å². The number of aliphatic hydroxyl groups excluding tert-OH is 1. The van der Waals surface area contributed by atoms with E-state index in [9.17, 15) is 19.5 Å². The number of anilines is 1. The van der Waals surface area contributed by atoms with Gasteiger partial charge in [-0.2, -0.15) is 0 Å². The summed E-state index contributed by atoms with van der Waals surface area (Å²) in [6, 6.07) is 13.1. The molecule has 1 aliphatic heterocycles. The molecule has 1 aliphatic rings. The topological polar surface area (TPSA) is 116 Å². The van der Waals surface area contributed by atoms with Crippen LogP contribution in [-0.4, -0.2) is 39.0 Å². The Bertz CT molecular complexity index is 1470. The normalized spacial score (nSPS) is 13.9. The molecule has 2 aromatic heterocycles. The van der Waals surface area contributed by atoms with E-state index in [-0.39, 0.29) is 18.1 Å². The number of aliphatic hydroxyl groups is 1. The van der Waals surface area contributed by atoms with Crippen molar-refractivity contribution in [3.8, 4) is 0 Å². The molecule has 0 unspecified atom stereocenters. The van der Waals surface area contributed by atoms with Crippen LogP contribution in [0.2, 0.25) is 0 Å². The lowest BCUT2D eigenvalue weighted by Gasteiger charge is -2.06. The molecule has 3 amide bonds. The average molecular weight is 442 g/mol. The van der Waals surface area contributed by atoms with Gasteiger partial charge >= 0.3 is 0 Å². The monoisotopic (exact) mass is 442 g/mol. The second kappa shape index (κ2) is 8.07. The number of hydrogen-bond donors (Lipinski definition) is 4. The van der Waals surface area contributed by atoms with Crippen molar-refractivity contribution in [1.29, 1.82) is 0 Å². The van der Waals surface area contributed by atoms with Crippen LogP contribution in [-0.2, 0) is 20.9 Å². The zero-order valence-electron chi connectivity index (χ0n) is 17.9. The Balaban J connectivity index is 1.78. The molecule has 2 aromatic carbocycles. The lowest BCUT2D eigenvalue weighted by atomic mass is 9.95. The number of imide groups is 1. The van der Waals surface area contributed by atoms with E-state index in [1.807, 2.05) is 41.1 Å². The number of para-hydroxylation sites is 1. The first-order chi connectivity index (χ1) is 16.0. The molecular formula is C25H22N4O4. The van der Waals surface area contributed by atoms with Crippen molar-refractivity contribution in [2.75, 3.05) is 11.9 Å². The Morgan fingerprint density at radius 1 is 1.03 bits per heavy atom. The predicted octanol–water partition coefficient (Wildman–Crippen LogP) is 3.03. The van der Waals surface area contributed by atoms with E-state index in [4.69, 9.17) is 0 Å². The second-order valence-electron chi connectivity index (χ2n) is 8.01. The number of aromatic nitrogens is 2. The minimum atomic E-state index is -0.466. The minimum absolute atomic E-state index is 0.0290. The van der Waals surface area contributed by atoms with E-state index >= 15 is 0 Å². The first-order valence-electron chi connectivity index (χ1n) is 10.7. The van der Waals surface area contributed by atoms with Crippen molar-refractivity contribution in [2.45, 2.75) is 19.9 Å². The number of aryl methyl sites for hydroxylation is 1. The average Bonchev–Trinajstić information content (AvgIpc) is 3.44. The molecule has 0 spiro atoms. The molecule has 4 N–H and O–H groups in total. The number of fused-ring (bicyclic) bond motifs is 2. The number of carbonyl (C=O) groups excluding carboxylic acids is 3. The highest BCUT2D eigenvalue weighted by Crippen LogP contribution is 2.39. The van der Waals surface area contributed by atoms with Crippen molar-refractivity contribution in [1.82, 2.24) is 14.9 Å². The van der Waals surface area contributed by atoms with Gasteiger partial charge in [0.2, 0.25) is 5.91 Å². The Labute approximate surface area is 188 Å². The van der Waals surface area contributed by atoms with Gasteiger partial charge in [-0.3, -0.25) is 19.7 Å². The van der Waals surface area contributed by atoms with Crippen LogP contribution in [0.25, 0.3) is 33.0 Å². The molecule has 0 bridgehead atoms. The molecule has 0 radical (unpaired) electrons. The van der Waals surface area contributed by atoms with E-state index in [2.05, 4.69) is 15.6 Å². The van der Waals surface area contributed by atoms with Crippen LogP contribution in [0.15, 0.2) is 54.9 Å². The molecule has 0 saturated carbocycles. The van der Waals surface area contributed by atoms with Crippen molar-refractivity contribution in [3.63, 3.8) is 0 Å². The molecular weight excluding hydrogens is 420 g/mol. The highest BCUT2D eigenvalue weighted by Gasteiger charge is 2.35. The molecule has 0 aliphatic carbocycles. The summed E-state index contributed by atoms with van der Waals surface area (Å²) in [5, 5.41) is 16.1. The standard InChI is InChI=1S/C25H22N4O4/c1-14(31)27-15-7-8-21-17(11-15)19(13-29(21)9-4-10-30)23-22(24(32)28-25(23)33)18-12-26-20-6-3-2-5-16(18)20/h2-3,5-8,11-13,26,30H,4,9-10H2,1H3,(H,27,31)(H,28,32,33). The van der Waals surface area contributed by atoms with E-state index in [1.165, 1.54) is 6.92 Å². The SMILES string of the molecule is CC(=O)Nc1ccc2c(c1)c(C1=C(c3c[nH]c4ccccc34)C(=O)NC1=O)cn2CCCO. The smallest absolute Gasteiger partial charge is 0.259 e.